The van der Waals surface area contributed by atoms with Crippen LogP contribution in [0.15, 0.2) is 45.6 Å². The maximum Gasteiger partial charge on any atom is 0.238 e. The molecule has 10 unspecified atom stereocenters. The maximum absolute atomic E-state index is 12.9. The number of ether oxygens (including phenoxy) is 4. The van der Waals surface area contributed by atoms with Gasteiger partial charge in [-0.15, -0.1) is 0 Å². The number of fused-ring (bicyclic) bond motifs is 1. The molecule has 5 rings (SSSR count). The van der Waals surface area contributed by atoms with Gasteiger partial charge in [0.1, 0.15) is 64.8 Å². The summed E-state index contributed by atoms with van der Waals surface area (Å²) in [6, 6.07) is 7.99. The Balaban J connectivity index is 1.41. The van der Waals surface area contributed by atoms with Gasteiger partial charge in [0.2, 0.25) is 23.8 Å². The fourth-order valence-electron chi connectivity index (χ4n) is 4.70. The van der Waals surface area contributed by atoms with Crippen molar-refractivity contribution in [2.45, 2.75) is 75.3 Å². The normalized spacial score (nSPS) is 34.0. The topological polar surface area (TPSA) is 229 Å². The van der Waals surface area contributed by atoms with E-state index in [1.54, 1.807) is 0 Å². The molecule has 2 aromatic carbocycles. The van der Waals surface area contributed by atoms with Gasteiger partial charge in [-0.3, -0.25) is 4.79 Å². The molecule has 2 saturated heterocycles. The standard InChI is InChI=1S/C27H30O14/c1-9-17(29)20(32)23(35)26(37-9)39-12-5-3-11(4-6-12)25-22(34)19(31)16-14(28)7-13(8-15(16)41-25)40-27-24(36)21(33)18(30)10(2)38-27/h3-10,17-18,20-21,23-24,26-30,32-36H,1-2H3. The molecule has 14 heteroatoms. The minimum absolute atomic E-state index is 0.106. The van der Waals surface area contributed by atoms with Crippen LogP contribution in [0.25, 0.3) is 22.3 Å². The molecule has 14 nitrogen and oxygen atoms in total. The van der Waals surface area contributed by atoms with Crippen LogP contribution in [0, 0.1) is 0 Å². The predicted octanol–water partition coefficient (Wildman–Crippen LogP) is -0.716. The van der Waals surface area contributed by atoms with Crippen LogP contribution in [-0.4, -0.2) is 102 Å². The van der Waals surface area contributed by atoms with Crippen LogP contribution in [0.4, 0.5) is 0 Å². The molecule has 2 fully saturated rings. The molecule has 0 bridgehead atoms. The Morgan fingerprint density at radius 1 is 0.683 bits per heavy atom. The first kappa shape index (κ1) is 29.0. The molecular weight excluding hydrogens is 548 g/mol. The fourth-order valence-corrected chi connectivity index (χ4v) is 4.70. The molecule has 0 spiro atoms. The lowest BCUT2D eigenvalue weighted by Crippen LogP contribution is -2.58. The SMILES string of the molecule is CC1OC(Oc2ccc(-c3oc4cc(OC5OC(C)C(O)C(O)C5O)cc(O)c4c(=O)c3O)cc2)C(O)C(O)C1O. The number of aromatic hydroxyl groups is 2. The van der Waals surface area contributed by atoms with Crippen molar-refractivity contribution in [3.05, 3.63) is 46.6 Å². The molecule has 10 atom stereocenters. The second kappa shape index (κ2) is 11.1. The average Bonchev–Trinajstić information content (AvgIpc) is 2.94. The van der Waals surface area contributed by atoms with Crippen LogP contribution >= 0.6 is 0 Å². The van der Waals surface area contributed by atoms with Crippen molar-refractivity contribution in [1.29, 1.82) is 0 Å². The summed E-state index contributed by atoms with van der Waals surface area (Å²) >= 11 is 0. The van der Waals surface area contributed by atoms with E-state index in [4.69, 9.17) is 23.4 Å². The Labute approximate surface area is 231 Å². The average molecular weight is 579 g/mol. The molecule has 3 aromatic rings. The monoisotopic (exact) mass is 578 g/mol. The van der Waals surface area contributed by atoms with Gasteiger partial charge in [-0.1, -0.05) is 0 Å². The van der Waals surface area contributed by atoms with Crippen molar-refractivity contribution in [2.75, 3.05) is 0 Å². The van der Waals surface area contributed by atoms with Gasteiger partial charge in [-0.2, -0.15) is 0 Å². The van der Waals surface area contributed by atoms with Gasteiger partial charge < -0.3 is 64.2 Å². The fraction of sp³-hybridized carbons (Fsp3) is 0.444. The number of hydrogen-bond donors (Lipinski definition) is 8. The number of hydrogen-bond acceptors (Lipinski definition) is 14. The van der Waals surface area contributed by atoms with Crippen LogP contribution in [0.2, 0.25) is 0 Å². The summed E-state index contributed by atoms with van der Waals surface area (Å²) < 4.78 is 27.7. The quantitative estimate of drug-likeness (QED) is 0.187. The van der Waals surface area contributed by atoms with Crippen LogP contribution < -0.4 is 14.9 Å². The van der Waals surface area contributed by atoms with E-state index in [1.165, 1.54) is 44.2 Å². The Hall–Kier alpha value is -3.47. The summed E-state index contributed by atoms with van der Waals surface area (Å²) in [7, 11) is 0. The van der Waals surface area contributed by atoms with E-state index in [0.717, 1.165) is 6.07 Å². The zero-order valence-electron chi connectivity index (χ0n) is 21.8. The third kappa shape index (κ3) is 5.31. The van der Waals surface area contributed by atoms with Gasteiger partial charge in [0.25, 0.3) is 0 Å². The number of rotatable bonds is 5. The lowest BCUT2D eigenvalue weighted by atomic mass is 10.00. The highest BCUT2D eigenvalue weighted by molar-refractivity contribution is 5.88. The van der Waals surface area contributed by atoms with Gasteiger partial charge in [0, 0.05) is 17.7 Å². The van der Waals surface area contributed by atoms with E-state index >= 15 is 0 Å². The third-order valence-corrected chi connectivity index (χ3v) is 7.16. The summed E-state index contributed by atoms with van der Waals surface area (Å²) in [5.74, 6) is -1.55. The van der Waals surface area contributed by atoms with Crippen molar-refractivity contribution >= 4 is 11.0 Å². The van der Waals surface area contributed by atoms with Crippen LogP contribution in [0.1, 0.15) is 13.8 Å². The van der Waals surface area contributed by atoms with E-state index in [2.05, 4.69) is 0 Å². The molecule has 8 N–H and O–H groups in total. The summed E-state index contributed by atoms with van der Waals surface area (Å²) in [6.45, 7) is 2.98. The van der Waals surface area contributed by atoms with Gasteiger partial charge in [-0.25, -0.2) is 0 Å². The molecule has 41 heavy (non-hydrogen) atoms. The van der Waals surface area contributed by atoms with Crippen LogP contribution in [0.3, 0.4) is 0 Å². The van der Waals surface area contributed by atoms with Gasteiger partial charge in [-0.05, 0) is 38.1 Å². The largest absolute Gasteiger partial charge is 0.507 e. The van der Waals surface area contributed by atoms with E-state index in [0.29, 0.717) is 0 Å². The molecule has 3 heterocycles. The van der Waals surface area contributed by atoms with Crippen LogP contribution in [0.5, 0.6) is 23.0 Å². The van der Waals surface area contributed by atoms with Crippen molar-refractivity contribution < 1.29 is 64.2 Å². The molecule has 0 aliphatic carbocycles. The van der Waals surface area contributed by atoms with E-state index < -0.39 is 78.3 Å². The van der Waals surface area contributed by atoms with Crippen molar-refractivity contribution in [3.63, 3.8) is 0 Å². The molecule has 0 saturated carbocycles. The summed E-state index contributed by atoms with van der Waals surface area (Å²) in [5.41, 5.74) is -0.894. The van der Waals surface area contributed by atoms with Crippen molar-refractivity contribution in [3.8, 4) is 34.3 Å². The molecule has 0 amide bonds. The number of phenols is 1. The minimum atomic E-state index is -1.63. The molecule has 2 aliphatic rings. The summed E-state index contributed by atoms with van der Waals surface area (Å²) in [6.07, 6.45) is -13.2. The summed E-state index contributed by atoms with van der Waals surface area (Å²) in [4.78, 5) is 12.9. The Morgan fingerprint density at radius 2 is 1.20 bits per heavy atom. The van der Waals surface area contributed by atoms with Gasteiger partial charge in [0.05, 0.1) is 12.2 Å². The summed E-state index contributed by atoms with van der Waals surface area (Å²) in [5, 5.41) is 80.9. The lowest BCUT2D eigenvalue weighted by Gasteiger charge is -2.38. The van der Waals surface area contributed by atoms with E-state index in [-0.39, 0.29) is 33.8 Å². The number of benzene rings is 2. The van der Waals surface area contributed by atoms with Crippen molar-refractivity contribution in [1.82, 2.24) is 0 Å². The van der Waals surface area contributed by atoms with Crippen LogP contribution in [-0.2, 0) is 9.47 Å². The van der Waals surface area contributed by atoms with E-state index in [1.807, 2.05) is 0 Å². The van der Waals surface area contributed by atoms with E-state index in [9.17, 15) is 45.6 Å². The highest BCUT2D eigenvalue weighted by Crippen LogP contribution is 2.37. The first-order chi connectivity index (χ1) is 19.4. The lowest BCUT2D eigenvalue weighted by molar-refractivity contribution is -0.268. The number of aliphatic hydroxyl groups excluding tert-OH is 6. The zero-order chi connectivity index (χ0) is 29.7. The second-order valence-electron chi connectivity index (χ2n) is 10.0. The third-order valence-electron chi connectivity index (χ3n) is 7.16. The Bertz CT molecular complexity index is 1460. The molecular formula is C27H30O14. The van der Waals surface area contributed by atoms with Crippen molar-refractivity contribution in [2.24, 2.45) is 0 Å². The van der Waals surface area contributed by atoms with Gasteiger partial charge >= 0.3 is 0 Å². The maximum atomic E-state index is 12.9. The highest BCUT2D eigenvalue weighted by Gasteiger charge is 2.44. The first-order valence-corrected chi connectivity index (χ1v) is 12.7. The smallest absolute Gasteiger partial charge is 0.238 e. The van der Waals surface area contributed by atoms with Gasteiger partial charge in [0.15, 0.2) is 5.76 Å². The number of aliphatic hydroxyl groups is 6. The predicted molar refractivity (Wildman–Crippen MR) is 137 cm³/mol. The highest BCUT2D eigenvalue weighted by atomic mass is 16.7. The molecule has 1 aromatic heterocycles. The minimum Gasteiger partial charge on any atom is -0.507 e. The Morgan fingerprint density at radius 3 is 1.73 bits per heavy atom. The number of phenolic OH excluding ortho intramolecular Hbond substituents is 1. The Kier molecular flexibility index (Phi) is 7.84. The first-order valence-electron chi connectivity index (χ1n) is 12.7. The zero-order valence-corrected chi connectivity index (χ0v) is 21.8. The molecule has 222 valence electrons. The second-order valence-corrected chi connectivity index (χ2v) is 10.0. The molecule has 2 aliphatic heterocycles. The molecule has 0 radical (unpaired) electrons.